The van der Waals surface area contributed by atoms with E-state index in [9.17, 15) is 4.79 Å². The van der Waals surface area contributed by atoms with Crippen LogP contribution in [0.5, 0.6) is 0 Å². The number of furan rings is 1. The minimum Gasteiger partial charge on any atom is -0.481 e. The summed E-state index contributed by atoms with van der Waals surface area (Å²) in [6.45, 7) is 0.555. The van der Waals surface area contributed by atoms with E-state index in [4.69, 9.17) is 9.52 Å². The molecule has 0 aliphatic rings. The summed E-state index contributed by atoms with van der Waals surface area (Å²) in [7, 11) is 0. The summed E-state index contributed by atoms with van der Waals surface area (Å²) in [6.07, 6.45) is 5.82. The Morgan fingerprint density at radius 3 is 2.78 bits per heavy atom. The fraction of sp³-hybridized carbons (Fsp3) is 0.150. The van der Waals surface area contributed by atoms with Gasteiger partial charge in [0.1, 0.15) is 11.6 Å². The Kier molecular flexibility index (Phi) is 4.57. The molecule has 0 fully saturated rings. The normalized spacial score (nSPS) is 11.0. The maximum atomic E-state index is 10.7. The van der Waals surface area contributed by atoms with Crippen LogP contribution in [0.2, 0.25) is 0 Å². The van der Waals surface area contributed by atoms with Crippen molar-refractivity contribution in [1.29, 1.82) is 0 Å². The molecule has 0 atom stereocenters. The summed E-state index contributed by atoms with van der Waals surface area (Å²) in [5.41, 5.74) is 3.64. The third-order valence-electron chi connectivity index (χ3n) is 4.32. The van der Waals surface area contributed by atoms with Crippen molar-refractivity contribution in [2.75, 3.05) is 5.32 Å². The largest absolute Gasteiger partial charge is 0.481 e. The Hall–Kier alpha value is -3.61. The van der Waals surface area contributed by atoms with E-state index in [0.29, 0.717) is 13.0 Å². The van der Waals surface area contributed by atoms with Gasteiger partial charge in [-0.2, -0.15) is 9.61 Å². The topological polar surface area (TPSA) is 92.7 Å². The highest BCUT2D eigenvalue weighted by Gasteiger charge is 2.11. The standard InChI is InChI=1S/C20H18N4O3/c25-19(26)8-5-14-3-6-15(7-4-14)17-13-23-24-18(9-10-21-20(17)24)22-12-16-2-1-11-27-16/h1-4,6-7,9-11,13,22H,5,8,12H2,(H,25,26). The van der Waals surface area contributed by atoms with E-state index in [1.807, 2.05) is 42.5 Å². The maximum Gasteiger partial charge on any atom is 0.303 e. The van der Waals surface area contributed by atoms with E-state index in [2.05, 4.69) is 15.4 Å². The van der Waals surface area contributed by atoms with Gasteiger partial charge in [-0.3, -0.25) is 4.79 Å². The molecule has 0 saturated heterocycles. The van der Waals surface area contributed by atoms with Crippen molar-refractivity contribution in [2.24, 2.45) is 0 Å². The van der Waals surface area contributed by atoms with Crippen molar-refractivity contribution in [3.05, 3.63) is 72.4 Å². The number of hydrogen-bond acceptors (Lipinski definition) is 5. The van der Waals surface area contributed by atoms with Crippen molar-refractivity contribution in [2.45, 2.75) is 19.4 Å². The number of nitrogens with one attached hydrogen (secondary N) is 1. The number of anilines is 1. The molecule has 7 nitrogen and oxygen atoms in total. The number of aryl methyl sites for hydroxylation is 1. The van der Waals surface area contributed by atoms with Crippen LogP contribution < -0.4 is 5.32 Å². The minimum absolute atomic E-state index is 0.127. The Balaban J connectivity index is 1.57. The zero-order valence-electron chi connectivity index (χ0n) is 14.5. The van der Waals surface area contributed by atoms with Gasteiger partial charge in [0.2, 0.25) is 0 Å². The Labute approximate surface area is 155 Å². The molecule has 0 spiro atoms. The summed E-state index contributed by atoms with van der Waals surface area (Å²) in [4.78, 5) is 15.2. The van der Waals surface area contributed by atoms with Crippen molar-refractivity contribution in [3.8, 4) is 11.1 Å². The van der Waals surface area contributed by atoms with Gasteiger partial charge in [-0.25, -0.2) is 4.98 Å². The first-order chi connectivity index (χ1) is 13.2. The smallest absolute Gasteiger partial charge is 0.303 e. The molecule has 0 aliphatic heterocycles. The summed E-state index contributed by atoms with van der Waals surface area (Å²) in [6, 6.07) is 13.5. The molecule has 0 radical (unpaired) electrons. The van der Waals surface area contributed by atoms with E-state index < -0.39 is 5.97 Å². The number of rotatable bonds is 7. The van der Waals surface area contributed by atoms with Gasteiger partial charge in [0.15, 0.2) is 5.65 Å². The third kappa shape index (κ3) is 3.67. The van der Waals surface area contributed by atoms with E-state index >= 15 is 0 Å². The monoisotopic (exact) mass is 362 g/mol. The van der Waals surface area contributed by atoms with Gasteiger partial charge in [-0.1, -0.05) is 24.3 Å². The maximum absolute atomic E-state index is 10.7. The zero-order chi connectivity index (χ0) is 18.6. The van der Waals surface area contributed by atoms with E-state index in [-0.39, 0.29) is 6.42 Å². The predicted molar refractivity (Wildman–Crippen MR) is 100 cm³/mol. The lowest BCUT2D eigenvalue weighted by Gasteiger charge is -2.07. The van der Waals surface area contributed by atoms with Crippen molar-refractivity contribution in [1.82, 2.24) is 14.6 Å². The molecule has 1 aromatic carbocycles. The molecule has 0 amide bonds. The third-order valence-corrected chi connectivity index (χ3v) is 4.32. The van der Waals surface area contributed by atoms with Crippen molar-refractivity contribution in [3.63, 3.8) is 0 Å². The number of aliphatic carboxylic acids is 1. The predicted octanol–water partition coefficient (Wildman–Crippen LogP) is 3.62. The van der Waals surface area contributed by atoms with Crippen LogP contribution in [-0.2, 0) is 17.8 Å². The molecule has 4 rings (SSSR count). The molecule has 0 bridgehead atoms. The lowest BCUT2D eigenvalue weighted by Crippen LogP contribution is -2.05. The van der Waals surface area contributed by atoms with Gasteiger partial charge in [-0.05, 0) is 35.7 Å². The van der Waals surface area contributed by atoms with E-state index in [1.54, 1.807) is 23.2 Å². The SMILES string of the molecule is O=C(O)CCc1ccc(-c2cnn3c(NCc4ccco4)ccnc23)cc1. The molecule has 136 valence electrons. The van der Waals surface area contributed by atoms with E-state index in [0.717, 1.165) is 33.9 Å². The second kappa shape index (κ2) is 7.33. The van der Waals surface area contributed by atoms with E-state index in [1.165, 1.54) is 0 Å². The molecule has 0 unspecified atom stereocenters. The molecule has 4 aromatic rings. The van der Waals surface area contributed by atoms with Gasteiger partial charge in [0.25, 0.3) is 0 Å². The lowest BCUT2D eigenvalue weighted by molar-refractivity contribution is -0.136. The molecule has 0 saturated carbocycles. The number of aromatic nitrogens is 3. The molecular formula is C20H18N4O3. The Morgan fingerprint density at radius 1 is 1.19 bits per heavy atom. The van der Waals surface area contributed by atoms with Crippen LogP contribution >= 0.6 is 0 Å². The van der Waals surface area contributed by atoms with Gasteiger partial charge in [0, 0.05) is 18.2 Å². The highest BCUT2D eigenvalue weighted by atomic mass is 16.4. The molecule has 2 N–H and O–H groups in total. The van der Waals surface area contributed by atoms with Crippen LogP contribution in [0.4, 0.5) is 5.82 Å². The fourth-order valence-electron chi connectivity index (χ4n) is 2.92. The molecule has 3 aromatic heterocycles. The molecule has 3 heterocycles. The fourth-order valence-corrected chi connectivity index (χ4v) is 2.92. The quantitative estimate of drug-likeness (QED) is 0.522. The summed E-state index contributed by atoms with van der Waals surface area (Å²) in [5.74, 6) is 0.866. The molecule has 0 aliphatic carbocycles. The lowest BCUT2D eigenvalue weighted by atomic mass is 10.0. The van der Waals surface area contributed by atoms with Crippen LogP contribution in [0.1, 0.15) is 17.7 Å². The Bertz CT molecular complexity index is 1050. The number of hydrogen-bond donors (Lipinski definition) is 2. The number of carboxylic acid groups (broad SMARTS) is 1. The number of nitrogens with zero attached hydrogens (tertiary/aromatic N) is 3. The minimum atomic E-state index is -0.791. The number of benzene rings is 1. The highest BCUT2D eigenvalue weighted by molar-refractivity contribution is 5.78. The molecular weight excluding hydrogens is 344 g/mol. The van der Waals surface area contributed by atoms with Gasteiger partial charge < -0.3 is 14.8 Å². The first-order valence-electron chi connectivity index (χ1n) is 8.61. The first-order valence-corrected chi connectivity index (χ1v) is 8.61. The van der Waals surface area contributed by atoms with Crippen LogP contribution in [-0.4, -0.2) is 25.7 Å². The van der Waals surface area contributed by atoms with Crippen LogP contribution in [0, 0.1) is 0 Å². The molecule has 27 heavy (non-hydrogen) atoms. The summed E-state index contributed by atoms with van der Waals surface area (Å²) < 4.78 is 7.10. The number of carbonyl (C=O) groups is 1. The number of carboxylic acids is 1. The van der Waals surface area contributed by atoms with Gasteiger partial charge in [0.05, 0.1) is 19.0 Å². The average Bonchev–Trinajstić information content (AvgIpc) is 3.35. The van der Waals surface area contributed by atoms with Crippen LogP contribution in [0.15, 0.2) is 65.5 Å². The Morgan fingerprint density at radius 2 is 2.04 bits per heavy atom. The summed E-state index contributed by atoms with van der Waals surface area (Å²) in [5, 5.41) is 16.6. The van der Waals surface area contributed by atoms with Gasteiger partial charge >= 0.3 is 5.97 Å². The summed E-state index contributed by atoms with van der Waals surface area (Å²) >= 11 is 0. The van der Waals surface area contributed by atoms with Crippen LogP contribution in [0.3, 0.4) is 0 Å². The second-order valence-electron chi connectivity index (χ2n) is 6.15. The van der Waals surface area contributed by atoms with Crippen molar-refractivity contribution < 1.29 is 14.3 Å². The number of fused-ring (bicyclic) bond motifs is 1. The van der Waals surface area contributed by atoms with Gasteiger partial charge in [-0.15, -0.1) is 0 Å². The highest BCUT2D eigenvalue weighted by Crippen LogP contribution is 2.25. The molecule has 7 heteroatoms. The van der Waals surface area contributed by atoms with Crippen LogP contribution in [0.25, 0.3) is 16.8 Å². The van der Waals surface area contributed by atoms with Crippen molar-refractivity contribution >= 4 is 17.4 Å². The average molecular weight is 362 g/mol. The first kappa shape index (κ1) is 16.8. The zero-order valence-corrected chi connectivity index (χ0v) is 14.5. The second-order valence-corrected chi connectivity index (χ2v) is 6.15.